The highest BCUT2D eigenvalue weighted by molar-refractivity contribution is 7.88. The van der Waals surface area contributed by atoms with Gasteiger partial charge in [-0.05, 0) is 26.7 Å². The zero-order valence-corrected chi connectivity index (χ0v) is 10.3. The fourth-order valence-corrected chi connectivity index (χ4v) is 2.64. The first-order valence-electron chi connectivity index (χ1n) is 5.40. The Labute approximate surface area is 95.9 Å². The number of hydrogen-bond acceptors (Lipinski definition) is 4. The van der Waals surface area contributed by atoms with Crippen LogP contribution in [-0.2, 0) is 14.9 Å². The largest absolute Gasteiger partial charge is 0.446 e. The van der Waals surface area contributed by atoms with E-state index in [-0.39, 0.29) is 12.1 Å². The minimum atomic E-state index is -3.78. The fraction of sp³-hybridized carbons (Fsp3) is 0.889. The van der Waals surface area contributed by atoms with E-state index in [1.807, 2.05) is 4.72 Å². The van der Waals surface area contributed by atoms with Crippen molar-refractivity contribution in [3.05, 3.63) is 0 Å². The summed E-state index contributed by atoms with van der Waals surface area (Å²) in [6, 6.07) is -0.0654. The molecule has 0 aliphatic heterocycles. The van der Waals surface area contributed by atoms with E-state index in [2.05, 4.69) is 9.46 Å². The molecule has 1 aliphatic carbocycles. The van der Waals surface area contributed by atoms with Gasteiger partial charge in [-0.3, -0.25) is 0 Å². The van der Waals surface area contributed by atoms with Crippen molar-refractivity contribution in [1.29, 1.82) is 0 Å². The summed E-state index contributed by atoms with van der Waals surface area (Å²) in [7, 11) is -3.78. The molecule has 1 saturated carbocycles. The average Bonchev–Trinajstić information content (AvgIpc) is 2.51. The zero-order chi connectivity index (χ0) is 12.2. The van der Waals surface area contributed by atoms with Crippen LogP contribution in [0, 0.1) is 0 Å². The van der Waals surface area contributed by atoms with Crippen LogP contribution < -0.4 is 9.44 Å². The molecule has 0 atom stereocenters. The van der Waals surface area contributed by atoms with Crippen molar-refractivity contribution in [1.82, 2.24) is 9.44 Å². The topological polar surface area (TPSA) is 84.5 Å². The fourth-order valence-electron chi connectivity index (χ4n) is 1.64. The summed E-state index contributed by atoms with van der Waals surface area (Å²) in [4.78, 5) is 11.1. The van der Waals surface area contributed by atoms with Gasteiger partial charge in [0.05, 0.1) is 6.10 Å². The second-order valence-electron chi connectivity index (χ2n) is 4.16. The molecule has 2 N–H and O–H groups in total. The van der Waals surface area contributed by atoms with Crippen LogP contribution in [0.2, 0.25) is 0 Å². The maximum absolute atomic E-state index is 11.5. The molecule has 0 aromatic rings. The van der Waals surface area contributed by atoms with Crippen LogP contribution in [-0.4, -0.2) is 26.7 Å². The van der Waals surface area contributed by atoms with Gasteiger partial charge in [0.1, 0.15) is 0 Å². The first kappa shape index (κ1) is 13.2. The molecule has 1 aliphatic rings. The molecule has 0 aromatic carbocycles. The quantitative estimate of drug-likeness (QED) is 0.776. The van der Waals surface area contributed by atoms with Crippen molar-refractivity contribution in [2.45, 2.75) is 51.7 Å². The highest BCUT2D eigenvalue weighted by Gasteiger charge is 2.23. The Bertz CT molecular complexity index is 333. The van der Waals surface area contributed by atoms with Crippen molar-refractivity contribution in [3.63, 3.8) is 0 Å². The van der Waals surface area contributed by atoms with Crippen LogP contribution in [0.25, 0.3) is 0 Å². The minimum Gasteiger partial charge on any atom is -0.446 e. The number of carbonyl (C=O) groups excluding carboxylic acids is 1. The normalized spacial score (nSPS) is 17.7. The molecule has 0 saturated heterocycles. The van der Waals surface area contributed by atoms with Gasteiger partial charge < -0.3 is 4.74 Å². The lowest BCUT2D eigenvalue weighted by Crippen LogP contribution is -2.44. The number of rotatable bonds is 4. The number of nitrogens with one attached hydrogen (secondary N) is 2. The molecular weight excluding hydrogens is 232 g/mol. The molecule has 6 nitrogen and oxygen atoms in total. The molecule has 0 spiro atoms. The van der Waals surface area contributed by atoms with E-state index in [9.17, 15) is 13.2 Å². The summed E-state index contributed by atoms with van der Waals surface area (Å²) >= 11 is 0. The summed E-state index contributed by atoms with van der Waals surface area (Å²) in [5.41, 5.74) is 0. The monoisotopic (exact) mass is 250 g/mol. The number of hydrogen-bond donors (Lipinski definition) is 2. The van der Waals surface area contributed by atoms with Gasteiger partial charge in [-0.2, -0.15) is 13.1 Å². The van der Waals surface area contributed by atoms with Crippen molar-refractivity contribution < 1.29 is 17.9 Å². The van der Waals surface area contributed by atoms with E-state index in [0.717, 1.165) is 25.7 Å². The van der Waals surface area contributed by atoms with Crippen LogP contribution in [0.15, 0.2) is 0 Å². The van der Waals surface area contributed by atoms with Crippen LogP contribution in [0.3, 0.4) is 0 Å². The van der Waals surface area contributed by atoms with Gasteiger partial charge >= 0.3 is 16.3 Å². The Morgan fingerprint density at radius 2 is 1.88 bits per heavy atom. The molecule has 0 heterocycles. The third-order valence-corrected chi connectivity index (χ3v) is 3.32. The molecular formula is C9H18N2O4S. The average molecular weight is 250 g/mol. The predicted molar refractivity (Wildman–Crippen MR) is 59.1 cm³/mol. The van der Waals surface area contributed by atoms with Crippen LogP contribution in [0.1, 0.15) is 39.5 Å². The summed E-state index contributed by atoms with van der Waals surface area (Å²) in [5, 5.41) is 0. The van der Waals surface area contributed by atoms with E-state index in [1.54, 1.807) is 13.8 Å². The molecule has 0 bridgehead atoms. The number of carbonyl (C=O) groups is 1. The molecule has 7 heteroatoms. The second kappa shape index (κ2) is 5.49. The Morgan fingerprint density at radius 3 is 2.38 bits per heavy atom. The first-order chi connectivity index (χ1) is 7.39. The first-order valence-corrected chi connectivity index (χ1v) is 6.88. The van der Waals surface area contributed by atoms with Gasteiger partial charge in [0.2, 0.25) is 0 Å². The standard InChI is InChI=1S/C9H18N2O4S/c1-7(2)15-9(12)11-16(13,14)10-8-5-3-4-6-8/h7-8,10H,3-6H2,1-2H3,(H,11,12). The summed E-state index contributed by atoms with van der Waals surface area (Å²) in [5.74, 6) is 0. The SMILES string of the molecule is CC(C)OC(=O)NS(=O)(=O)NC1CCCC1. The maximum atomic E-state index is 11.5. The summed E-state index contributed by atoms with van der Waals surface area (Å²) in [6.07, 6.45) is 2.38. The lowest BCUT2D eigenvalue weighted by molar-refractivity contribution is 0.121. The zero-order valence-electron chi connectivity index (χ0n) is 9.52. The predicted octanol–water partition coefficient (Wildman–Crippen LogP) is 0.898. The highest BCUT2D eigenvalue weighted by Crippen LogP contribution is 2.17. The van der Waals surface area contributed by atoms with E-state index >= 15 is 0 Å². The molecule has 0 aromatic heterocycles. The second-order valence-corrected chi connectivity index (χ2v) is 5.61. The minimum absolute atomic E-state index is 0.0654. The number of amides is 1. The lowest BCUT2D eigenvalue weighted by atomic mass is 10.3. The van der Waals surface area contributed by atoms with Gasteiger partial charge in [-0.1, -0.05) is 12.8 Å². The highest BCUT2D eigenvalue weighted by atomic mass is 32.2. The van der Waals surface area contributed by atoms with Crippen molar-refractivity contribution in [2.75, 3.05) is 0 Å². The number of ether oxygens (including phenoxy) is 1. The molecule has 0 unspecified atom stereocenters. The van der Waals surface area contributed by atoms with Gasteiger partial charge in [-0.25, -0.2) is 9.52 Å². The molecule has 1 fully saturated rings. The Kier molecular flexibility index (Phi) is 4.55. The van der Waals surface area contributed by atoms with Gasteiger partial charge in [0.25, 0.3) is 0 Å². The smallest absolute Gasteiger partial charge is 0.422 e. The van der Waals surface area contributed by atoms with Gasteiger partial charge in [0, 0.05) is 6.04 Å². The third-order valence-electron chi connectivity index (χ3n) is 2.24. The van der Waals surface area contributed by atoms with E-state index in [4.69, 9.17) is 0 Å². The summed E-state index contributed by atoms with van der Waals surface area (Å²) < 4.78 is 31.8. The molecule has 0 radical (unpaired) electrons. The Hall–Kier alpha value is -0.820. The summed E-state index contributed by atoms with van der Waals surface area (Å²) in [6.45, 7) is 3.30. The third kappa shape index (κ3) is 4.80. The van der Waals surface area contributed by atoms with Crippen LogP contribution in [0.5, 0.6) is 0 Å². The lowest BCUT2D eigenvalue weighted by Gasteiger charge is -2.14. The maximum Gasteiger partial charge on any atom is 0.422 e. The Morgan fingerprint density at radius 1 is 1.31 bits per heavy atom. The molecule has 1 amide bonds. The van der Waals surface area contributed by atoms with E-state index < -0.39 is 16.3 Å². The van der Waals surface area contributed by atoms with E-state index in [0.29, 0.717) is 0 Å². The van der Waals surface area contributed by atoms with Crippen molar-refractivity contribution in [3.8, 4) is 0 Å². The van der Waals surface area contributed by atoms with E-state index in [1.165, 1.54) is 0 Å². The van der Waals surface area contributed by atoms with Crippen LogP contribution in [0.4, 0.5) is 4.79 Å². The molecule has 1 rings (SSSR count). The Balaban J connectivity index is 2.41. The molecule has 94 valence electrons. The van der Waals surface area contributed by atoms with Gasteiger partial charge in [0.15, 0.2) is 0 Å². The van der Waals surface area contributed by atoms with Crippen molar-refractivity contribution in [2.24, 2.45) is 0 Å². The van der Waals surface area contributed by atoms with Crippen molar-refractivity contribution >= 4 is 16.3 Å². The van der Waals surface area contributed by atoms with Crippen LogP contribution >= 0.6 is 0 Å². The van der Waals surface area contributed by atoms with Gasteiger partial charge in [-0.15, -0.1) is 0 Å². The molecule has 16 heavy (non-hydrogen) atoms.